The summed E-state index contributed by atoms with van der Waals surface area (Å²) in [7, 11) is 0. The van der Waals surface area contributed by atoms with E-state index >= 15 is 0 Å². The lowest BCUT2D eigenvalue weighted by Gasteiger charge is -2.32. The van der Waals surface area contributed by atoms with Crippen LogP contribution in [0.4, 0.5) is 0 Å². The number of primary amides is 1. The second-order valence-corrected chi connectivity index (χ2v) is 6.43. The van der Waals surface area contributed by atoms with Crippen LogP contribution in [0.15, 0.2) is 0 Å². The molecule has 1 amide bonds. The van der Waals surface area contributed by atoms with Crippen LogP contribution in [0.1, 0.15) is 47.0 Å². The molecule has 2 unspecified atom stereocenters. The highest BCUT2D eigenvalue weighted by Gasteiger charge is 2.30. The number of morpholine rings is 1. The van der Waals surface area contributed by atoms with Gasteiger partial charge >= 0.3 is 0 Å². The number of unbranched alkanes of at least 4 members (excludes halogenated alkanes) is 1. The molecule has 0 aromatic carbocycles. The largest absolute Gasteiger partial charge is 0.376 e. The van der Waals surface area contributed by atoms with Crippen molar-refractivity contribution in [1.29, 1.82) is 0 Å². The zero-order valence-corrected chi connectivity index (χ0v) is 13.4. The fraction of sp³-hybridized carbons (Fsp3) is 0.933. The summed E-state index contributed by atoms with van der Waals surface area (Å²) in [4.78, 5) is 14.1. The van der Waals surface area contributed by atoms with Crippen LogP contribution in [0.25, 0.3) is 0 Å². The molecule has 5 nitrogen and oxygen atoms in total. The molecule has 1 aliphatic rings. The number of rotatable bonds is 8. The topological polar surface area (TPSA) is 67.6 Å². The predicted octanol–water partition coefficient (Wildman–Crippen LogP) is 1.12. The van der Waals surface area contributed by atoms with E-state index in [1.165, 1.54) is 0 Å². The van der Waals surface area contributed by atoms with Gasteiger partial charge in [-0.3, -0.25) is 9.69 Å². The third-order valence-corrected chi connectivity index (χ3v) is 3.88. The van der Waals surface area contributed by atoms with Crippen molar-refractivity contribution < 1.29 is 9.53 Å². The Kier molecular flexibility index (Phi) is 6.92. The summed E-state index contributed by atoms with van der Waals surface area (Å²) in [6.07, 6.45) is 3.22. The van der Waals surface area contributed by atoms with Crippen LogP contribution in [0.5, 0.6) is 0 Å². The summed E-state index contributed by atoms with van der Waals surface area (Å²) in [5.74, 6) is -0.258. The van der Waals surface area contributed by atoms with Crippen molar-refractivity contribution in [2.24, 2.45) is 5.73 Å². The molecule has 1 fully saturated rings. The van der Waals surface area contributed by atoms with E-state index in [0.29, 0.717) is 6.10 Å². The Bertz CT molecular complexity index is 309. The minimum Gasteiger partial charge on any atom is -0.376 e. The standard InChI is InChI=1S/C15H31N3O2/c1-12(2)17-15(4,14(16)19)7-5-6-8-18-9-10-20-13(3)11-18/h12-13,17H,5-11H2,1-4H3,(H2,16,19). The first kappa shape index (κ1) is 17.4. The Morgan fingerprint density at radius 3 is 2.75 bits per heavy atom. The molecule has 3 N–H and O–H groups in total. The third-order valence-electron chi connectivity index (χ3n) is 3.88. The molecule has 5 heteroatoms. The van der Waals surface area contributed by atoms with E-state index in [9.17, 15) is 4.79 Å². The molecule has 1 heterocycles. The average molecular weight is 285 g/mol. The van der Waals surface area contributed by atoms with Crippen molar-refractivity contribution >= 4 is 5.91 Å². The zero-order valence-electron chi connectivity index (χ0n) is 13.4. The molecule has 0 bridgehead atoms. The maximum Gasteiger partial charge on any atom is 0.237 e. The molecular weight excluding hydrogens is 254 g/mol. The maximum absolute atomic E-state index is 11.6. The van der Waals surface area contributed by atoms with Crippen molar-refractivity contribution in [2.45, 2.75) is 64.6 Å². The number of hydrogen-bond donors (Lipinski definition) is 2. The molecule has 0 aromatic heterocycles. The van der Waals surface area contributed by atoms with Crippen LogP contribution >= 0.6 is 0 Å². The van der Waals surface area contributed by atoms with E-state index in [0.717, 1.165) is 45.5 Å². The molecule has 0 radical (unpaired) electrons. The van der Waals surface area contributed by atoms with E-state index in [-0.39, 0.29) is 11.9 Å². The monoisotopic (exact) mass is 285 g/mol. The van der Waals surface area contributed by atoms with E-state index in [1.807, 2.05) is 20.8 Å². The SMILES string of the molecule is CC(C)NC(C)(CCCCN1CCOC(C)C1)C(N)=O. The van der Waals surface area contributed by atoms with Crippen LogP contribution in [0.3, 0.4) is 0 Å². The van der Waals surface area contributed by atoms with Gasteiger partial charge in [0, 0.05) is 19.1 Å². The molecule has 1 saturated heterocycles. The summed E-state index contributed by atoms with van der Waals surface area (Å²) < 4.78 is 5.53. The lowest BCUT2D eigenvalue weighted by atomic mass is 9.93. The van der Waals surface area contributed by atoms with Gasteiger partial charge in [0.2, 0.25) is 5.91 Å². The average Bonchev–Trinajstić information content (AvgIpc) is 2.34. The second-order valence-electron chi connectivity index (χ2n) is 6.43. The molecule has 0 aliphatic carbocycles. The number of hydrogen-bond acceptors (Lipinski definition) is 4. The molecule has 20 heavy (non-hydrogen) atoms. The van der Waals surface area contributed by atoms with Gasteiger partial charge in [0.15, 0.2) is 0 Å². The number of carbonyl (C=O) groups excluding carboxylic acids is 1. The number of nitrogens with one attached hydrogen (secondary N) is 1. The molecule has 1 aliphatic heterocycles. The molecule has 0 saturated carbocycles. The lowest BCUT2D eigenvalue weighted by molar-refractivity contribution is -0.124. The Morgan fingerprint density at radius 1 is 1.50 bits per heavy atom. The number of nitrogens with two attached hydrogens (primary N) is 1. The summed E-state index contributed by atoms with van der Waals surface area (Å²) >= 11 is 0. The highest BCUT2D eigenvalue weighted by Crippen LogP contribution is 2.15. The minimum absolute atomic E-state index is 0.257. The van der Waals surface area contributed by atoms with Gasteiger partial charge in [-0.05, 0) is 53.5 Å². The van der Waals surface area contributed by atoms with E-state index in [4.69, 9.17) is 10.5 Å². The predicted molar refractivity (Wildman–Crippen MR) is 81.6 cm³/mol. The van der Waals surface area contributed by atoms with E-state index < -0.39 is 5.54 Å². The van der Waals surface area contributed by atoms with Gasteiger partial charge in [0.25, 0.3) is 0 Å². The third kappa shape index (κ3) is 5.77. The van der Waals surface area contributed by atoms with Crippen molar-refractivity contribution in [1.82, 2.24) is 10.2 Å². The smallest absolute Gasteiger partial charge is 0.237 e. The summed E-state index contributed by atoms with van der Waals surface area (Å²) in [6, 6.07) is 0.257. The van der Waals surface area contributed by atoms with Gasteiger partial charge in [-0.1, -0.05) is 0 Å². The van der Waals surface area contributed by atoms with Gasteiger partial charge < -0.3 is 15.8 Å². The summed E-state index contributed by atoms with van der Waals surface area (Å²) in [6.45, 7) is 12.0. The Balaban J connectivity index is 2.28. The first-order valence-electron chi connectivity index (χ1n) is 7.75. The van der Waals surface area contributed by atoms with Gasteiger partial charge in [-0.15, -0.1) is 0 Å². The first-order valence-corrected chi connectivity index (χ1v) is 7.75. The number of carbonyl (C=O) groups is 1. The van der Waals surface area contributed by atoms with Gasteiger partial charge in [0.1, 0.15) is 0 Å². The van der Waals surface area contributed by atoms with Gasteiger partial charge in [-0.25, -0.2) is 0 Å². The zero-order chi connectivity index (χ0) is 15.2. The Labute approximate surface area is 123 Å². The molecule has 118 valence electrons. The molecule has 0 aromatic rings. The number of nitrogens with zero attached hydrogens (tertiary/aromatic N) is 1. The van der Waals surface area contributed by atoms with Crippen molar-refractivity contribution in [2.75, 3.05) is 26.2 Å². The fourth-order valence-corrected chi connectivity index (χ4v) is 2.81. The maximum atomic E-state index is 11.6. The Morgan fingerprint density at radius 2 is 2.20 bits per heavy atom. The summed E-state index contributed by atoms with van der Waals surface area (Å²) in [5, 5.41) is 3.29. The van der Waals surface area contributed by atoms with Crippen LogP contribution < -0.4 is 11.1 Å². The highest BCUT2D eigenvalue weighted by molar-refractivity contribution is 5.84. The van der Waals surface area contributed by atoms with Crippen molar-refractivity contribution in [3.63, 3.8) is 0 Å². The molecule has 2 atom stereocenters. The van der Waals surface area contributed by atoms with E-state index in [1.54, 1.807) is 0 Å². The van der Waals surface area contributed by atoms with Crippen LogP contribution in [-0.4, -0.2) is 54.7 Å². The van der Waals surface area contributed by atoms with Crippen molar-refractivity contribution in [3.8, 4) is 0 Å². The second kappa shape index (κ2) is 7.96. The van der Waals surface area contributed by atoms with E-state index in [2.05, 4.69) is 17.1 Å². The lowest BCUT2D eigenvalue weighted by Crippen LogP contribution is -2.55. The minimum atomic E-state index is -0.591. The van der Waals surface area contributed by atoms with Crippen molar-refractivity contribution in [3.05, 3.63) is 0 Å². The molecular formula is C15H31N3O2. The normalized spacial score (nSPS) is 23.8. The summed E-state index contributed by atoms with van der Waals surface area (Å²) in [5.41, 5.74) is 4.94. The van der Waals surface area contributed by atoms with Crippen LogP contribution in [0, 0.1) is 0 Å². The first-order chi connectivity index (χ1) is 9.33. The number of amides is 1. The van der Waals surface area contributed by atoms with Gasteiger partial charge in [0.05, 0.1) is 18.2 Å². The van der Waals surface area contributed by atoms with Crippen LogP contribution in [0.2, 0.25) is 0 Å². The Hall–Kier alpha value is -0.650. The molecule has 1 rings (SSSR count). The van der Waals surface area contributed by atoms with Crippen LogP contribution in [-0.2, 0) is 9.53 Å². The number of ether oxygens (including phenoxy) is 1. The van der Waals surface area contributed by atoms with Gasteiger partial charge in [-0.2, -0.15) is 0 Å². The fourth-order valence-electron chi connectivity index (χ4n) is 2.81. The highest BCUT2D eigenvalue weighted by atomic mass is 16.5. The molecule has 0 spiro atoms. The quantitative estimate of drug-likeness (QED) is 0.656.